The maximum Gasteiger partial charge on any atom is 0.162 e. The number of aliphatic hydroxyl groups excluding tert-OH is 2. The summed E-state index contributed by atoms with van der Waals surface area (Å²) >= 11 is 0. The van der Waals surface area contributed by atoms with Crippen LogP contribution in [0.4, 0.5) is 0 Å². The Labute approximate surface area is 275 Å². The van der Waals surface area contributed by atoms with Crippen molar-refractivity contribution in [3.63, 3.8) is 0 Å². The molecule has 0 aromatic heterocycles. The number of fused-ring (bicyclic) bond motifs is 5. The van der Waals surface area contributed by atoms with Crippen molar-refractivity contribution in [2.75, 3.05) is 6.61 Å². The maximum absolute atomic E-state index is 14.7. The van der Waals surface area contributed by atoms with Crippen LogP contribution in [0.5, 0.6) is 5.75 Å². The van der Waals surface area contributed by atoms with Crippen molar-refractivity contribution in [2.45, 2.75) is 136 Å². The molecule has 1 aromatic carbocycles. The molecule has 46 heavy (non-hydrogen) atoms. The van der Waals surface area contributed by atoms with Crippen molar-refractivity contribution in [3.8, 4) is 5.75 Å². The molecule has 1 saturated heterocycles. The van der Waals surface area contributed by atoms with E-state index in [2.05, 4.69) is 55.4 Å². The molecule has 0 radical (unpaired) electrons. The van der Waals surface area contributed by atoms with Crippen molar-refractivity contribution in [1.82, 2.24) is 0 Å². The van der Waals surface area contributed by atoms with Crippen LogP contribution < -0.4 is 0 Å². The average molecular weight is 639 g/mol. The van der Waals surface area contributed by atoms with Crippen LogP contribution >= 0.6 is 0 Å². The quantitative estimate of drug-likeness (QED) is 0.245. The van der Waals surface area contributed by atoms with Crippen molar-refractivity contribution in [3.05, 3.63) is 41.5 Å². The van der Waals surface area contributed by atoms with Gasteiger partial charge >= 0.3 is 0 Å². The predicted octanol–water partition coefficient (Wildman–Crippen LogP) is 6.00. The highest BCUT2D eigenvalue weighted by atomic mass is 16.6. The van der Waals surface area contributed by atoms with Gasteiger partial charge in [-0.2, -0.15) is 0 Å². The van der Waals surface area contributed by atoms with Crippen LogP contribution in [0.2, 0.25) is 0 Å². The summed E-state index contributed by atoms with van der Waals surface area (Å²) < 4.78 is 13.4. The van der Waals surface area contributed by atoms with Crippen LogP contribution in [0, 0.1) is 45.8 Å². The van der Waals surface area contributed by atoms with Gasteiger partial charge in [0.05, 0.1) is 29.5 Å². The zero-order valence-electron chi connectivity index (χ0n) is 29.3. The number of carbonyl (C=O) groups is 1. The molecule has 12 atom stereocenters. The van der Waals surface area contributed by atoms with E-state index in [9.17, 15) is 25.2 Å². The number of aromatic hydroxyl groups is 1. The number of aliphatic hydroxyl groups is 3. The molecular formula is C39H58O7. The Morgan fingerprint density at radius 1 is 0.978 bits per heavy atom. The highest BCUT2D eigenvalue weighted by Gasteiger charge is 2.73. The number of benzene rings is 1. The minimum absolute atomic E-state index is 0.0327. The van der Waals surface area contributed by atoms with Gasteiger partial charge in [0.1, 0.15) is 11.9 Å². The second kappa shape index (κ2) is 11.4. The number of epoxide rings is 1. The number of rotatable bonds is 9. The monoisotopic (exact) mass is 638 g/mol. The molecule has 7 heteroatoms. The van der Waals surface area contributed by atoms with Gasteiger partial charge in [-0.25, -0.2) is 0 Å². The molecule has 4 fully saturated rings. The molecule has 4 aliphatic carbocycles. The maximum atomic E-state index is 14.7. The molecule has 1 aliphatic heterocycles. The first kappa shape index (κ1) is 34.1. The summed E-state index contributed by atoms with van der Waals surface area (Å²) in [5, 5.41) is 45.0. The van der Waals surface area contributed by atoms with Crippen molar-refractivity contribution in [2.24, 2.45) is 45.8 Å². The number of ether oxygens (including phenoxy) is 2. The molecule has 0 unspecified atom stereocenters. The van der Waals surface area contributed by atoms with Gasteiger partial charge in [-0.05, 0) is 116 Å². The number of hydrogen-bond acceptors (Lipinski definition) is 7. The van der Waals surface area contributed by atoms with Gasteiger partial charge < -0.3 is 29.9 Å². The minimum atomic E-state index is -1.19. The lowest BCUT2D eigenvalue weighted by molar-refractivity contribution is -0.189. The van der Waals surface area contributed by atoms with E-state index in [0.29, 0.717) is 37.2 Å². The van der Waals surface area contributed by atoms with Gasteiger partial charge in [-0.15, -0.1) is 0 Å². The summed E-state index contributed by atoms with van der Waals surface area (Å²) in [5.74, 6) is 1.24. The zero-order chi connectivity index (χ0) is 33.6. The fourth-order valence-corrected chi connectivity index (χ4v) is 10.8. The second-order valence-electron chi connectivity index (χ2n) is 17.3. The first-order chi connectivity index (χ1) is 21.4. The highest BCUT2D eigenvalue weighted by Crippen LogP contribution is 2.72. The Balaban J connectivity index is 1.40. The molecule has 0 spiro atoms. The first-order valence-corrected chi connectivity index (χ1v) is 17.9. The van der Waals surface area contributed by atoms with E-state index in [1.807, 2.05) is 12.1 Å². The highest BCUT2D eigenvalue weighted by molar-refractivity contribution is 5.98. The van der Waals surface area contributed by atoms with Gasteiger partial charge in [-0.3, -0.25) is 4.79 Å². The lowest BCUT2D eigenvalue weighted by Gasteiger charge is -2.64. The lowest BCUT2D eigenvalue weighted by Crippen LogP contribution is -2.66. The largest absolute Gasteiger partial charge is 0.508 e. The standard InChI is InChI=1S/C39H58O7/c1-22(2)21-45-37(8,34-33(46-34)24(5)23(3)4)31-14-16-39(44)28-17-32(43)38(18-25-9-11-26(40)12-10-25)20-30(42)29(41)19-36(38,7)27(28)13-15-35(31,39)6/h9-12,17,22-24,27,29-31,33-34,40-42,44H,13-16,18-21H2,1-8H3/t24-,27-,29+,30-,31-,33-,34-,35-,36-,37-,38-,39+/m1/s1. The molecule has 6 rings (SSSR count). The van der Waals surface area contributed by atoms with E-state index >= 15 is 0 Å². The molecule has 256 valence electrons. The molecular weight excluding hydrogens is 580 g/mol. The van der Waals surface area contributed by atoms with Crippen LogP contribution in [-0.4, -0.2) is 68.4 Å². The van der Waals surface area contributed by atoms with Crippen molar-refractivity contribution < 1.29 is 34.7 Å². The average Bonchev–Trinajstić information content (AvgIpc) is 3.74. The SMILES string of the molecule is CC(C)CO[C@@](C)([C@@H]1O[C@@H]1[C@H](C)C(C)C)[C@@H]1CC[C@]2(O)C3=CC(=O)[C@@]4(Cc5ccc(O)cc5)C[C@@H](O)[C@@H](O)C[C@]4(C)[C@@H]3CC[C@]12C. The lowest BCUT2D eigenvalue weighted by atomic mass is 9.40. The van der Waals surface area contributed by atoms with Crippen LogP contribution in [0.25, 0.3) is 0 Å². The van der Waals surface area contributed by atoms with Gasteiger partial charge in [0, 0.05) is 17.4 Å². The first-order valence-electron chi connectivity index (χ1n) is 17.9. The summed E-state index contributed by atoms with van der Waals surface area (Å²) in [6.07, 6.45) is 3.62. The van der Waals surface area contributed by atoms with E-state index in [-0.39, 0.29) is 48.4 Å². The third-order valence-electron chi connectivity index (χ3n) is 14.1. The number of phenolic OH excluding ortho intramolecular Hbond substituents is 1. The van der Waals surface area contributed by atoms with Crippen molar-refractivity contribution >= 4 is 5.78 Å². The summed E-state index contributed by atoms with van der Waals surface area (Å²) in [6.45, 7) is 18.2. The molecule has 0 amide bonds. The number of ketones is 1. The smallest absolute Gasteiger partial charge is 0.162 e. The van der Waals surface area contributed by atoms with Gasteiger partial charge in [0.2, 0.25) is 0 Å². The van der Waals surface area contributed by atoms with Crippen LogP contribution in [0.15, 0.2) is 35.9 Å². The molecule has 7 nitrogen and oxygen atoms in total. The Bertz CT molecular complexity index is 1350. The third kappa shape index (κ3) is 4.88. The summed E-state index contributed by atoms with van der Waals surface area (Å²) in [5.41, 5.74) is -2.19. The van der Waals surface area contributed by atoms with E-state index in [1.54, 1.807) is 18.2 Å². The summed E-state index contributed by atoms with van der Waals surface area (Å²) in [7, 11) is 0. The van der Waals surface area contributed by atoms with Crippen molar-refractivity contribution in [1.29, 1.82) is 0 Å². The molecule has 1 heterocycles. The second-order valence-corrected chi connectivity index (χ2v) is 17.3. The van der Waals surface area contributed by atoms with E-state index in [4.69, 9.17) is 9.47 Å². The van der Waals surface area contributed by atoms with Crippen LogP contribution in [-0.2, 0) is 20.7 Å². The van der Waals surface area contributed by atoms with Gasteiger partial charge in [0.15, 0.2) is 5.78 Å². The Morgan fingerprint density at radius 3 is 2.26 bits per heavy atom. The Morgan fingerprint density at radius 2 is 1.63 bits per heavy atom. The van der Waals surface area contributed by atoms with E-state index in [1.165, 1.54) is 0 Å². The predicted molar refractivity (Wildman–Crippen MR) is 177 cm³/mol. The van der Waals surface area contributed by atoms with Gasteiger partial charge in [0.25, 0.3) is 0 Å². The zero-order valence-corrected chi connectivity index (χ0v) is 29.3. The molecule has 3 saturated carbocycles. The number of hydrogen-bond donors (Lipinski definition) is 4. The normalized spacial score (nSPS) is 43.8. The molecule has 4 N–H and O–H groups in total. The fourth-order valence-electron chi connectivity index (χ4n) is 10.8. The Kier molecular flexibility index (Phi) is 8.45. The van der Waals surface area contributed by atoms with Crippen LogP contribution in [0.1, 0.15) is 99.5 Å². The number of carbonyl (C=O) groups excluding carboxylic acids is 1. The van der Waals surface area contributed by atoms with E-state index in [0.717, 1.165) is 30.4 Å². The Hall–Kier alpha value is -1.77. The molecule has 5 aliphatic rings. The summed E-state index contributed by atoms with van der Waals surface area (Å²) in [6, 6.07) is 6.95. The molecule has 1 aromatic rings. The topological polar surface area (TPSA) is 120 Å². The van der Waals surface area contributed by atoms with Crippen LogP contribution in [0.3, 0.4) is 0 Å². The number of phenols is 1. The van der Waals surface area contributed by atoms with E-state index < -0.39 is 39.7 Å². The van der Waals surface area contributed by atoms with Gasteiger partial charge in [-0.1, -0.05) is 60.6 Å². The number of allylic oxidation sites excluding steroid dienone is 1. The third-order valence-corrected chi connectivity index (χ3v) is 14.1. The summed E-state index contributed by atoms with van der Waals surface area (Å²) in [4.78, 5) is 14.7. The minimum Gasteiger partial charge on any atom is -0.508 e. The molecule has 0 bridgehead atoms. The fraction of sp³-hybridized carbons (Fsp3) is 0.769.